The maximum absolute atomic E-state index is 12.4. The van der Waals surface area contributed by atoms with Gasteiger partial charge in [-0.15, -0.1) is 0 Å². The minimum Gasteiger partial charge on any atom is -0.362 e. The number of sulfonamides is 1. The summed E-state index contributed by atoms with van der Waals surface area (Å²) < 4.78 is 27.1. The second kappa shape index (κ2) is 9.61. The van der Waals surface area contributed by atoms with Gasteiger partial charge < -0.3 is 10.6 Å². The number of nitrogens with zero attached hydrogens (tertiary/aromatic N) is 2. The van der Waals surface area contributed by atoms with E-state index in [2.05, 4.69) is 31.4 Å². The number of benzene rings is 1. The van der Waals surface area contributed by atoms with E-state index in [1.165, 1.54) is 55.8 Å². The van der Waals surface area contributed by atoms with Gasteiger partial charge >= 0.3 is 0 Å². The van der Waals surface area contributed by atoms with Gasteiger partial charge in [0.2, 0.25) is 5.95 Å². The second-order valence-electron chi connectivity index (χ2n) is 6.44. The average molecular weight is 418 g/mol. The summed E-state index contributed by atoms with van der Waals surface area (Å²) in [5, 5.41) is 6.77. The molecule has 0 saturated carbocycles. The van der Waals surface area contributed by atoms with Gasteiger partial charge in [0.25, 0.3) is 10.0 Å². The molecule has 0 saturated heterocycles. The van der Waals surface area contributed by atoms with Crippen molar-refractivity contribution in [2.24, 2.45) is 0 Å². The zero-order valence-electron chi connectivity index (χ0n) is 15.4. The summed E-state index contributed by atoms with van der Waals surface area (Å²) in [6.45, 7) is 0.783. The van der Waals surface area contributed by atoms with Gasteiger partial charge in [-0.25, -0.2) is 23.1 Å². The third-order valence-corrected chi connectivity index (χ3v) is 5.92. The highest BCUT2D eigenvalue weighted by atomic mass is 32.2. The molecule has 9 heteroatoms. The predicted molar refractivity (Wildman–Crippen MR) is 115 cm³/mol. The highest BCUT2D eigenvalue weighted by Crippen LogP contribution is 2.19. The Hall–Kier alpha value is -2.52. The van der Waals surface area contributed by atoms with E-state index in [1.54, 1.807) is 18.2 Å². The highest BCUT2D eigenvalue weighted by Gasteiger charge is 2.15. The Bertz CT molecular complexity index is 929. The van der Waals surface area contributed by atoms with Gasteiger partial charge in [0.1, 0.15) is 0 Å². The number of aromatic nitrogens is 2. The van der Waals surface area contributed by atoms with Gasteiger partial charge in [-0.05, 0) is 74.7 Å². The first-order chi connectivity index (χ1) is 13.5. The topological polar surface area (TPSA) is 96.0 Å². The minimum atomic E-state index is -3.74. The molecule has 0 atom stereocenters. The number of thiocarbonyl (C=S) groups is 1. The fourth-order valence-electron chi connectivity index (χ4n) is 2.89. The number of rotatable bonds is 7. The quantitative estimate of drug-likeness (QED) is 0.469. The van der Waals surface area contributed by atoms with Crippen LogP contribution in [0.25, 0.3) is 0 Å². The molecule has 0 bridgehead atoms. The Morgan fingerprint density at radius 1 is 1.11 bits per heavy atom. The molecule has 148 valence electrons. The van der Waals surface area contributed by atoms with Gasteiger partial charge in [-0.1, -0.05) is 11.6 Å². The summed E-state index contributed by atoms with van der Waals surface area (Å²) >= 11 is 5.31. The molecule has 7 nitrogen and oxygen atoms in total. The maximum atomic E-state index is 12.4. The van der Waals surface area contributed by atoms with Crippen LogP contribution in [0.1, 0.15) is 32.1 Å². The molecule has 28 heavy (non-hydrogen) atoms. The molecule has 0 aliphatic heterocycles. The Kier molecular flexibility index (Phi) is 6.94. The predicted octanol–water partition coefficient (Wildman–Crippen LogP) is 3.45. The first-order valence-corrected chi connectivity index (χ1v) is 11.0. The Morgan fingerprint density at radius 3 is 2.54 bits per heavy atom. The van der Waals surface area contributed by atoms with Crippen molar-refractivity contribution < 1.29 is 8.42 Å². The molecule has 1 aromatic heterocycles. The summed E-state index contributed by atoms with van der Waals surface area (Å²) in [5.74, 6) is 0.0307. The van der Waals surface area contributed by atoms with Gasteiger partial charge in [-0.2, -0.15) is 0 Å². The van der Waals surface area contributed by atoms with Crippen molar-refractivity contribution in [2.45, 2.75) is 37.0 Å². The lowest BCUT2D eigenvalue weighted by molar-refractivity contribution is 0.601. The van der Waals surface area contributed by atoms with Gasteiger partial charge in [0, 0.05) is 24.6 Å². The number of hydrogen-bond donors (Lipinski definition) is 3. The lowest BCUT2D eigenvalue weighted by Gasteiger charge is -2.14. The summed E-state index contributed by atoms with van der Waals surface area (Å²) in [7, 11) is -3.74. The number of allylic oxidation sites excluding steroid dienone is 1. The van der Waals surface area contributed by atoms with Crippen LogP contribution in [0.5, 0.6) is 0 Å². The van der Waals surface area contributed by atoms with E-state index in [1.807, 2.05) is 0 Å². The summed E-state index contributed by atoms with van der Waals surface area (Å²) in [5.41, 5.74) is 2.20. The van der Waals surface area contributed by atoms with Crippen LogP contribution in [0.15, 0.2) is 59.3 Å². The molecule has 0 spiro atoms. The van der Waals surface area contributed by atoms with Crippen LogP contribution in [0.3, 0.4) is 0 Å². The van der Waals surface area contributed by atoms with Crippen molar-refractivity contribution in [3.63, 3.8) is 0 Å². The fourth-order valence-corrected chi connectivity index (χ4v) is 4.07. The molecule has 1 aliphatic rings. The van der Waals surface area contributed by atoms with Crippen LogP contribution in [-0.2, 0) is 10.0 Å². The van der Waals surface area contributed by atoms with Gasteiger partial charge in [-0.3, -0.25) is 0 Å². The second-order valence-corrected chi connectivity index (χ2v) is 8.53. The Balaban J connectivity index is 1.50. The van der Waals surface area contributed by atoms with Crippen LogP contribution >= 0.6 is 12.2 Å². The van der Waals surface area contributed by atoms with E-state index in [-0.39, 0.29) is 10.8 Å². The Morgan fingerprint density at radius 2 is 1.86 bits per heavy atom. The summed E-state index contributed by atoms with van der Waals surface area (Å²) in [4.78, 5) is 7.85. The van der Waals surface area contributed by atoms with E-state index >= 15 is 0 Å². The van der Waals surface area contributed by atoms with Crippen molar-refractivity contribution in [3.8, 4) is 0 Å². The molecule has 3 rings (SSSR count). The van der Waals surface area contributed by atoms with Crippen molar-refractivity contribution >= 4 is 39.0 Å². The third kappa shape index (κ3) is 6.00. The average Bonchev–Trinajstić information content (AvgIpc) is 2.70. The van der Waals surface area contributed by atoms with Gasteiger partial charge in [0.15, 0.2) is 5.11 Å². The fraction of sp³-hybridized carbons (Fsp3) is 0.316. The molecule has 2 aromatic rings. The zero-order chi connectivity index (χ0) is 19.8. The zero-order valence-corrected chi connectivity index (χ0v) is 17.0. The number of nitrogens with one attached hydrogen (secondary N) is 3. The summed E-state index contributed by atoms with van der Waals surface area (Å²) in [6, 6.07) is 7.95. The number of hydrogen-bond acceptors (Lipinski definition) is 5. The van der Waals surface area contributed by atoms with Crippen molar-refractivity contribution in [1.29, 1.82) is 0 Å². The monoisotopic (exact) mass is 417 g/mol. The van der Waals surface area contributed by atoms with Crippen molar-refractivity contribution in [2.75, 3.05) is 16.6 Å². The molecular formula is C19H23N5O2S2. The van der Waals surface area contributed by atoms with Crippen molar-refractivity contribution in [3.05, 3.63) is 54.4 Å². The molecule has 0 amide bonds. The SMILES string of the molecule is O=S(=O)(Nc1ncccn1)c1ccc(NC(=S)NCCC2=CCCCC2)cc1. The first kappa shape index (κ1) is 20.2. The van der Waals surface area contributed by atoms with Crippen molar-refractivity contribution in [1.82, 2.24) is 15.3 Å². The lowest BCUT2D eigenvalue weighted by Crippen LogP contribution is -2.29. The standard InChI is InChI=1S/C19H23N5O2S2/c25-28(26,24-18-20-12-4-13-21-18)17-9-7-16(8-10-17)23-19(27)22-14-11-15-5-2-1-3-6-15/h4-5,7-10,12-13H,1-3,6,11,14H2,(H,20,21,24)(H2,22,23,27). The first-order valence-electron chi connectivity index (χ1n) is 9.15. The van der Waals surface area contributed by atoms with Gasteiger partial charge in [0.05, 0.1) is 4.90 Å². The Labute approximate surface area is 170 Å². The van der Waals surface area contributed by atoms with E-state index in [9.17, 15) is 8.42 Å². The highest BCUT2D eigenvalue weighted by molar-refractivity contribution is 7.92. The molecule has 0 fully saturated rings. The van der Waals surface area contributed by atoms with Crippen LogP contribution in [0.4, 0.5) is 11.6 Å². The van der Waals surface area contributed by atoms with E-state index in [0.29, 0.717) is 10.8 Å². The van der Waals surface area contributed by atoms with E-state index < -0.39 is 10.0 Å². The van der Waals surface area contributed by atoms with E-state index in [4.69, 9.17) is 12.2 Å². The molecule has 3 N–H and O–H groups in total. The molecule has 0 unspecified atom stereocenters. The summed E-state index contributed by atoms with van der Waals surface area (Å²) in [6.07, 6.45) is 11.2. The van der Waals surface area contributed by atoms with Crippen LogP contribution < -0.4 is 15.4 Å². The molecule has 1 aromatic carbocycles. The molecule has 0 radical (unpaired) electrons. The van der Waals surface area contributed by atoms with E-state index in [0.717, 1.165) is 13.0 Å². The molecule has 1 heterocycles. The van der Waals surface area contributed by atoms with Crippen LogP contribution in [0.2, 0.25) is 0 Å². The van der Waals surface area contributed by atoms with Crippen LogP contribution in [0, 0.1) is 0 Å². The minimum absolute atomic E-state index is 0.0307. The molecular weight excluding hydrogens is 394 g/mol. The largest absolute Gasteiger partial charge is 0.362 e. The smallest absolute Gasteiger partial charge is 0.264 e. The third-order valence-electron chi connectivity index (χ3n) is 4.33. The lowest BCUT2D eigenvalue weighted by atomic mass is 9.97. The maximum Gasteiger partial charge on any atom is 0.264 e. The molecule has 1 aliphatic carbocycles. The normalized spacial score (nSPS) is 14.1. The number of anilines is 2. The van der Waals surface area contributed by atoms with Crippen LogP contribution in [-0.4, -0.2) is 30.0 Å².